The van der Waals surface area contributed by atoms with Gasteiger partial charge in [-0.2, -0.15) is 0 Å². The van der Waals surface area contributed by atoms with Gasteiger partial charge in [-0.15, -0.1) is 11.3 Å². The average molecular weight is 326 g/mol. The third-order valence-corrected chi connectivity index (χ3v) is 4.14. The molecule has 0 radical (unpaired) electrons. The molecule has 1 aliphatic heterocycles. The van der Waals surface area contributed by atoms with Crippen molar-refractivity contribution in [2.24, 2.45) is 0 Å². The highest BCUT2D eigenvalue weighted by molar-refractivity contribution is 7.12. The first-order valence-electron chi connectivity index (χ1n) is 7.53. The molecule has 2 N–H and O–H groups in total. The number of rotatable bonds is 9. The predicted octanol–water partition coefficient (Wildman–Crippen LogP) is 1.18. The Hall–Kier alpha value is -1.44. The Morgan fingerprint density at radius 1 is 1.41 bits per heavy atom. The van der Waals surface area contributed by atoms with E-state index in [4.69, 9.17) is 9.47 Å². The van der Waals surface area contributed by atoms with Gasteiger partial charge in [0.1, 0.15) is 0 Å². The lowest BCUT2D eigenvalue weighted by atomic mass is 10.2. The number of thiophene rings is 1. The summed E-state index contributed by atoms with van der Waals surface area (Å²) >= 11 is 1.35. The Labute approximate surface area is 134 Å². The molecule has 22 heavy (non-hydrogen) atoms. The van der Waals surface area contributed by atoms with Crippen molar-refractivity contribution in [3.8, 4) is 0 Å². The van der Waals surface area contributed by atoms with Crippen LogP contribution in [0.15, 0.2) is 17.5 Å². The molecule has 0 aliphatic carbocycles. The van der Waals surface area contributed by atoms with E-state index in [0.717, 1.165) is 25.9 Å². The van der Waals surface area contributed by atoms with Gasteiger partial charge in [-0.25, -0.2) is 0 Å². The van der Waals surface area contributed by atoms with Crippen molar-refractivity contribution < 1.29 is 19.1 Å². The van der Waals surface area contributed by atoms with Crippen molar-refractivity contribution in [1.29, 1.82) is 0 Å². The molecule has 2 amide bonds. The van der Waals surface area contributed by atoms with E-state index in [0.29, 0.717) is 24.6 Å². The Morgan fingerprint density at radius 3 is 3.05 bits per heavy atom. The van der Waals surface area contributed by atoms with E-state index in [1.807, 2.05) is 5.38 Å². The Morgan fingerprint density at radius 2 is 2.32 bits per heavy atom. The van der Waals surface area contributed by atoms with E-state index in [1.165, 1.54) is 11.3 Å². The lowest BCUT2D eigenvalue weighted by molar-refractivity contribution is -0.120. The van der Waals surface area contributed by atoms with E-state index in [2.05, 4.69) is 10.6 Å². The zero-order valence-electron chi connectivity index (χ0n) is 12.5. The van der Waals surface area contributed by atoms with E-state index in [9.17, 15) is 9.59 Å². The van der Waals surface area contributed by atoms with E-state index >= 15 is 0 Å². The lowest BCUT2D eigenvalue weighted by Crippen LogP contribution is -2.37. The van der Waals surface area contributed by atoms with Crippen LogP contribution >= 0.6 is 11.3 Å². The van der Waals surface area contributed by atoms with Gasteiger partial charge in [0, 0.05) is 19.8 Å². The number of nitrogens with one attached hydrogen (secondary N) is 2. The van der Waals surface area contributed by atoms with Crippen LogP contribution in [0.4, 0.5) is 0 Å². The third kappa shape index (κ3) is 6.13. The lowest BCUT2D eigenvalue weighted by Gasteiger charge is -2.10. The normalized spacial score (nSPS) is 17.4. The van der Waals surface area contributed by atoms with Crippen LogP contribution in [0, 0.1) is 0 Å². The van der Waals surface area contributed by atoms with Gasteiger partial charge in [0.25, 0.3) is 5.91 Å². The SMILES string of the molecule is O=C(CNC(=O)c1cccs1)NCCCOCC1CCCO1. The Bertz CT molecular complexity index is 458. The van der Waals surface area contributed by atoms with E-state index in [1.54, 1.807) is 12.1 Å². The zero-order valence-corrected chi connectivity index (χ0v) is 13.3. The summed E-state index contributed by atoms with van der Waals surface area (Å²) in [4.78, 5) is 23.8. The first-order chi connectivity index (χ1) is 10.8. The van der Waals surface area contributed by atoms with Gasteiger partial charge >= 0.3 is 0 Å². The minimum Gasteiger partial charge on any atom is -0.379 e. The smallest absolute Gasteiger partial charge is 0.261 e. The highest BCUT2D eigenvalue weighted by Gasteiger charge is 2.15. The molecule has 2 heterocycles. The van der Waals surface area contributed by atoms with Crippen molar-refractivity contribution in [2.45, 2.75) is 25.4 Å². The topological polar surface area (TPSA) is 76.7 Å². The van der Waals surface area contributed by atoms with Crippen molar-refractivity contribution in [2.75, 3.05) is 32.9 Å². The summed E-state index contributed by atoms with van der Waals surface area (Å²) < 4.78 is 11.0. The molecule has 1 aromatic heterocycles. The van der Waals surface area contributed by atoms with Crippen LogP contribution in [-0.2, 0) is 14.3 Å². The monoisotopic (exact) mass is 326 g/mol. The minimum atomic E-state index is -0.218. The molecule has 122 valence electrons. The highest BCUT2D eigenvalue weighted by Crippen LogP contribution is 2.11. The van der Waals surface area contributed by atoms with Gasteiger partial charge in [0.2, 0.25) is 5.91 Å². The van der Waals surface area contributed by atoms with Crippen LogP contribution in [0.3, 0.4) is 0 Å². The highest BCUT2D eigenvalue weighted by atomic mass is 32.1. The summed E-state index contributed by atoms with van der Waals surface area (Å²) in [6, 6.07) is 3.53. The van der Waals surface area contributed by atoms with Gasteiger partial charge in [-0.1, -0.05) is 6.07 Å². The second kappa shape index (κ2) is 9.55. The quantitative estimate of drug-likeness (QED) is 0.668. The molecule has 0 spiro atoms. The van der Waals surface area contributed by atoms with Gasteiger partial charge < -0.3 is 20.1 Å². The Balaban J connectivity index is 1.44. The summed E-state index contributed by atoms with van der Waals surface area (Å²) in [7, 11) is 0. The van der Waals surface area contributed by atoms with Crippen LogP contribution in [0.25, 0.3) is 0 Å². The first kappa shape index (κ1) is 16.9. The van der Waals surface area contributed by atoms with Crippen LogP contribution in [0.5, 0.6) is 0 Å². The molecule has 1 saturated heterocycles. The molecule has 1 aromatic rings. The molecule has 1 unspecified atom stereocenters. The third-order valence-electron chi connectivity index (χ3n) is 3.27. The summed E-state index contributed by atoms with van der Waals surface area (Å²) in [5.41, 5.74) is 0. The van der Waals surface area contributed by atoms with Crippen molar-refractivity contribution >= 4 is 23.2 Å². The molecule has 7 heteroatoms. The number of hydrogen-bond acceptors (Lipinski definition) is 5. The molecule has 6 nitrogen and oxygen atoms in total. The molecule has 1 aliphatic rings. The molecule has 2 rings (SSSR count). The first-order valence-corrected chi connectivity index (χ1v) is 8.41. The van der Waals surface area contributed by atoms with Gasteiger partial charge in [-0.3, -0.25) is 9.59 Å². The standard InChI is InChI=1S/C15H22N2O4S/c18-14(10-17-15(19)13-5-2-9-22-13)16-6-3-7-20-11-12-4-1-8-21-12/h2,5,9,12H,1,3-4,6-8,10-11H2,(H,16,18)(H,17,19). The molecule has 0 saturated carbocycles. The van der Waals surface area contributed by atoms with Gasteiger partial charge in [0.15, 0.2) is 0 Å². The van der Waals surface area contributed by atoms with Crippen molar-refractivity contribution in [3.05, 3.63) is 22.4 Å². The van der Waals surface area contributed by atoms with E-state index in [-0.39, 0.29) is 24.5 Å². The maximum Gasteiger partial charge on any atom is 0.261 e. The van der Waals surface area contributed by atoms with Crippen LogP contribution in [0.1, 0.15) is 28.9 Å². The predicted molar refractivity (Wildman–Crippen MR) is 84.1 cm³/mol. The maximum atomic E-state index is 11.6. The number of carbonyl (C=O) groups is 2. The number of ether oxygens (including phenoxy) is 2. The molecular formula is C15H22N2O4S. The fourth-order valence-electron chi connectivity index (χ4n) is 2.11. The summed E-state index contributed by atoms with van der Waals surface area (Å²) in [6.45, 7) is 2.60. The molecule has 0 bridgehead atoms. The van der Waals surface area contributed by atoms with Crippen molar-refractivity contribution in [3.63, 3.8) is 0 Å². The van der Waals surface area contributed by atoms with Gasteiger partial charge in [-0.05, 0) is 30.7 Å². The maximum absolute atomic E-state index is 11.6. The van der Waals surface area contributed by atoms with Crippen LogP contribution in [-0.4, -0.2) is 50.8 Å². The minimum absolute atomic E-state index is 0.00644. The van der Waals surface area contributed by atoms with Crippen LogP contribution < -0.4 is 10.6 Å². The number of hydrogen-bond donors (Lipinski definition) is 2. The second-order valence-electron chi connectivity index (χ2n) is 5.07. The van der Waals surface area contributed by atoms with Crippen molar-refractivity contribution in [1.82, 2.24) is 10.6 Å². The molecule has 0 aromatic carbocycles. The number of amides is 2. The average Bonchev–Trinajstić information content (AvgIpc) is 3.21. The van der Waals surface area contributed by atoms with E-state index < -0.39 is 0 Å². The fourth-order valence-corrected chi connectivity index (χ4v) is 2.75. The molecule has 1 atom stereocenters. The van der Waals surface area contributed by atoms with Gasteiger partial charge in [0.05, 0.1) is 24.1 Å². The van der Waals surface area contributed by atoms with Crippen LogP contribution in [0.2, 0.25) is 0 Å². The molecular weight excluding hydrogens is 304 g/mol. The fraction of sp³-hybridized carbons (Fsp3) is 0.600. The number of carbonyl (C=O) groups excluding carboxylic acids is 2. The Kier molecular flexibility index (Phi) is 7.35. The summed E-state index contributed by atoms with van der Waals surface area (Å²) in [6.07, 6.45) is 3.17. The molecule has 1 fully saturated rings. The summed E-state index contributed by atoms with van der Waals surface area (Å²) in [5.74, 6) is -0.408. The zero-order chi connectivity index (χ0) is 15.6. The second-order valence-corrected chi connectivity index (χ2v) is 6.02. The largest absolute Gasteiger partial charge is 0.379 e. The summed E-state index contributed by atoms with van der Waals surface area (Å²) in [5, 5.41) is 7.16.